The van der Waals surface area contributed by atoms with Crippen LogP contribution in [0.1, 0.15) is 23.0 Å². The van der Waals surface area contributed by atoms with Crippen molar-refractivity contribution >= 4 is 22.6 Å². The molecule has 0 N–H and O–H groups in total. The molecule has 6 nitrogen and oxygen atoms in total. The normalized spacial score (nSPS) is 17.5. The highest BCUT2D eigenvalue weighted by molar-refractivity contribution is 5.94. The van der Waals surface area contributed by atoms with Crippen LogP contribution in [-0.2, 0) is 0 Å². The molecule has 0 radical (unpaired) electrons. The summed E-state index contributed by atoms with van der Waals surface area (Å²) >= 11 is 0. The van der Waals surface area contributed by atoms with Gasteiger partial charge in [-0.1, -0.05) is 18.2 Å². The number of carbonyl (C=O) groups is 1. The molecule has 132 valence electrons. The molecule has 0 spiro atoms. The third kappa shape index (κ3) is 2.87. The van der Waals surface area contributed by atoms with E-state index in [9.17, 15) is 4.79 Å². The van der Waals surface area contributed by atoms with Crippen molar-refractivity contribution in [3.05, 3.63) is 59.9 Å². The lowest BCUT2D eigenvalue weighted by Gasteiger charge is -2.40. The maximum atomic E-state index is 12.7. The highest BCUT2D eigenvalue weighted by Crippen LogP contribution is 2.27. The van der Waals surface area contributed by atoms with E-state index >= 15 is 0 Å². The molecule has 3 aromatic rings. The van der Waals surface area contributed by atoms with E-state index in [1.807, 2.05) is 54.3 Å². The number of nitrogens with zero attached hydrogens (tertiary/aromatic N) is 5. The lowest BCUT2D eigenvalue weighted by molar-refractivity contribution is 0.0726. The number of hydrogen-bond donors (Lipinski definition) is 0. The third-order valence-corrected chi connectivity index (χ3v) is 4.89. The molecular weight excluding hydrogens is 326 g/mol. The summed E-state index contributed by atoms with van der Waals surface area (Å²) in [5.41, 5.74) is 2.44. The Morgan fingerprint density at radius 2 is 1.88 bits per heavy atom. The monoisotopic (exact) mass is 347 g/mol. The summed E-state index contributed by atoms with van der Waals surface area (Å²) in [7, 11) is 0. The molecule has 1 amide bonds. The zero-order valence-corrected chi connectivity index (χ0v) is 15.0. The average molecular weight is 347 g/mol. The predicted molar refractivity (Wildman–Crippen MR) is 101 cm³/mol. The molecule has 0 aliphatic carbocycles. The zero-order chi connectivity index (χ0) is 18.1. The first-order chi connectivity index (χ1) is 12.6. The van der Waals surface area contributed by atoms with Crippen LogP contribution in [0.15, 0.2) is 48.7 Å². The molecule has 4 rings (SSSR count). The Balaban J connectivity index is 1.59. The van der Waals surface area contributed by atoms with Crippen LogP contribution in [0.3, 0.4) is 0 Å². The summed E-state index contributed by atoms with van der Waals surface area (Å²) in [5.74, 6) is 0.927. The van der Waals surface area contributed by atoms with Crippen molar-refractivity contribution in [2.24, 2.45) is 0 Å². The second-order valence-electron chi connectivity index (χ2n) is 6.67. The van der Waals surface area contributed by atoms with Gasteiger partial charge in [0.05, 0.1) is 11.2 Å². The van der Waals surface area contributed by atoms with Crippen molar-refractivity contribution in [3.63, 3.8) is 0 Å². The van der Waals surface area contributed by atoms with Gasteiger partial charge in [0, 0.05) is 42.8 Å². The van der Waals surface area contributed by atoms with E-state index in [0.717, 1.165) is 34.5 Å². The van der Waals surface area contributed by atoms with Crippen LogP contribution in [0.5, 0.6) is 0 Å². The standard InChI is InChI=1S/C20H21N5O/c1-14-13-24(20(26)16-7-4-3-5-8-16)11-12-25(14)19-17-9-6-10-21-18(17)15(2)22-23-19/h3-10,14H,11-13H2,1-2H3. The summed E-state index contributed by atoms with van der Waals surface area (Å²) in [6.45, 7) is 6.09. The lowest BCUT2D eigenvalue weighted by Crippen LogP contribution is -2.54. The maximum absolute atomic E-state index is 12.7. The molecule has 1 aromatic carbocycles. The van der Waals surface area contributed by atoms with Crippen molar-refractivity contribution in [1.82, 2.24) is 20.1 Å². The number of rotatable bonds is 2. The summed E-state index contributed by atoms with van der Waals surface area (Å²) in [6, 6.07) is 13.6. The van der Waals surface area contributed by atoms with Crippen molar-refractivity contribution in [2.45, 2.75) is 19.9 Å². The van der Waals surface area contributed by atoms with E-state index in [-0.39, 0.29) is 11.9 Å². The third-order valence-electron chi connectivity index (χ3n) is 4.89. The van der Waals surface area contributed by atoms with Crippen LogP contribution in [0, 0.1) is 6.92 Å². The maximum Gasteiger partial charge on any atom is 0.253 e. The fourth-order valence-corrected chi connectivity index (χ4v) is 3.53. The fraction of sp³-hybridized carbons (Fsp3) is 0.300. The minimum atomic E-state index is 0.0821. The highest BCUT2D eigenvalue weighted by Gasteiger charge is 2.29. The first-order valence-corrected chi connectivity index (χ1v) is 8.84. The molecule has 0 saturated carbocycles. The number of piperazine rings is 1. The first-order valence-electron chi connectivity index (χ1n) is 8.84. The van der Waals surface area contributed by atoms with Crippen molar-refractivity contribution < 1.29 is 4.79 Å². The van der Waals surface area contributed by atoms with Gasteiger partial charge in [-0.2, -0.15) is 5.10 Å². The zero-order valence-electron chi connectivity index (χ0n) is 15.0. The molecule has 1 fully saturated rings. The molecule has 1 aliphatic rings. The Labute approximate surface area is 152 Å². The highest BCUT2D eigenvalue weighted by atomic mass is 16.2. The van der Waals surface area contributed by atoms with Gasteiger partial charge >= 0.3 is 0 Å². The van der Waals surface area contributed by atoms with E-state index < -0.39 is 0 Å². The smallest absolute Gasteiger partial charge is 0.253 e. The molecule has 0 bridgehead atoms. The van der Waals surface area contributed by atoms with Gasteiger partial charge in [-0.3, -0.25) is 9.78 Å². The summed E-state index contributed by atoms with van der Waals surface area (Å²) < 4.78 is 0. The quantitative estimate of drug-likeness (QED) is 0.713. The predicted octanol–water partition coefficient (Wildman–Crippen LogP) is 2.68. The van der Waals surface area contributed by atoms with Gasteiger partial charge in [-0.05, 0) is 38.1 Å². The number of hydrogen-bond acceptors (Lipinski definition) is 5. The van der Waals surface area contributed by atoms with Gasteiger partial charge in [0.1, 0.15) is 0 Å². The minimum Gasteiger partial charge on any atom is -0.348 e. The van der Waals surface area contributed by atoms with Crippen LogP contribution in [-0.4, -0.2) is 51.7 Å². The Kier molecular flexibility index (Phi) is 4.24. The number of fused-ring (bicyclic) bond motifs is 1. The van der Waals surface area contributed by atoms with Crippen LogP contribution >= 0.6 is 0 Å². The van der Waals surface area contributed by atoms with Crippen LogP contribution in [0.25, 0.3) is 10.9 Å². The minimum absolute atomic E-state index is 0.0821. The topological polar surface area (TPSA) is 62.2 Å². The van der Waals surface area contributed by atoms with Gasteiger partial charge < -0.3 is 9.80 Å². The Hall–Kier alpha value is -3.02. The fourth-order valence-electron chi connectivity index (χ4n) is 3.53. The van der Waals surface area contributed by atoms with Gasteiger partial charge in [0.25, 0.3) is 5.91 Å². The summed E-state index contributed by atoms with van der Waals surface area (Å²) in [6.07, 6.45) is 1.78. The molecule has 1 atom stereocenters. The van der Waals surface area contributed by atoms with Gasteiger partial charge in [0.2, 0.25) is 0 Å². The first kappa shape index (κ1) is 16.4. The SMILES string of the molecule is Cc1nnc(N2CCN(C(=O)c3ccccc3)CC2C)c2cccnc12. The van der Waals surface area contributed by atoms with E-state index in [4.69, 9.17) is 0 Å². The van der Waals surface area contributed by atoms with E-state index in [1.165, 1.54) is 0 Å². The van der Waals surface area contributed by atoms with Gasteiger partial charge in [-0.25, -0.2) is 0 Å². The Morgan fingerprint density at radius 1 is 1.08 bits per heavy atom. The molecule has 1 unspecified atom stereocenters. The number of amides is 1. The molecule has 1 saturated heterocycles. The Bertz CT molecular complexity index is 943. The summed E-state index contributed by atoms with van der Waals surface area (Å²) in [5, 5.41) is 9.73. The van der Waals surface area contributed by atoms with Crippen LogP contribution in [0.4, 0.5) is 5.82 Å². The van der Waals surface area contributed by atoms with E-state index in [1.54, 1.807) is 6.20 Å². The van der Waals surface area contributed by atoms with Crippen molar-refractivity contribution in [1.29, 1.82) is 0 Å². The lowest BCUT2D eigenvalue weighted by atomic mass is 10.1. The second kappa shape index (κ2) is 6.71. The molecule has 6 heteroatoms. The molecule has 26 heavy (non-hydrogen) atoms. The number of benzene rings is 1. The van der Waals surface area contributed by atoms with E-state index in [2.05, 4.69) is 27.0 Å². The van der Waals surface area contributed by atoms with Crippen LogP contribution < -0.4 is 4.90 Å². The van der Waals surface area contributed by atoms with Gasteiger partial charge in [-0.15, -0.1) is 5.10 Å². The molecule has 3 heterocycles. The van der Waals surface area contributed by atoms with Gasteiger partial charge in [0.15, 0.2) is 5.82 Å². The molecule has 1 aliphatic heterocycles. The molecule has 2 aromatic heterocycles. The van der Waals surface area contributed by atoms with Crippen LogP contribution in [0.2, 0.25) is 0 Å². The summed E-state index contributed by atoms with van der Waals surface area (Å²) in [4.78, 5) is 21.3. The van der Waals surface area contributed by atoms with Crippen molar-refractivity contribution in [3.8, 4) is 0 Å². The second-order valence-corrected chi connectivity index (χ2v) is 6.67. The Morgan fingerprint density at radius 3 is 2.65 bits per heavy atom. The number of aromatic nitrogens is 3. The number of carbonyl (C=O) groups excluding carboxylic acids is 1. The van der Waals surface area contributed by atoms with E-state index in [0.29, 0.717) is 13.1 Å². The largest absolute Gasteiger partial charge is 0.348 e. The average Bonchev–Trinajstić information content (AvgIpc) is 2.69. The van der Waals surface area contributed by atoms with Crippen molar-refractivity contribution in [2.75, 3.05) is 24.5 Å². The number of aryl methyl sites for hydroxylation is 1. The number of pyridine rings is 1. The molecular formula is C20H21N5O. The number of anilines is 1.